The topological polar surface area (TPSA) is 89.7 Å². The molecule has 0 spiro atoms. The summed E-state index contributed by atoms with van der Waals surface area (Å²) in [6.45, 7) is 0.626. The summed E-state index contributed by atoms with van der Waals surface area (Å²) >= 11 is 3.42. The van der Waals surface area contributed by atoms with Crippen LogP contribution in [0, 0.1) is 5.82 Å². The maximum Gasteiger partial charge on any atom is 0.245 e. The molecule has 0 saturated carbocycles. The van der Waals surface area contributed by atoms with Crippen molar-refractivity contribution in [2.45, 2.75) is 0 Å². The first-order valence-electron chi connectivity index (χ1n) is 7.85. The van der Waals surface area contributed by atoms with Crippen molar-refractivity contribution >= 4 is 39.4 Å². The standard InChI is InChI=1S/C17H14BrFN6O/c18-12-7-20-16(15(12)17-21-9-22-24-17)23-14(26)8-25-5-1-2-10-3-4-11(19)6-13(10)25/h1-4,6-7,9,20H,5,8H2,(H,23,26)(H,21,22,24). The second-order valence-corrected chi connectivity index (χ2v) is 6.61. The number of anilines is 2. The fraction of sp³-hybridized carbons (Fsp3) is 0.118. The number of amides is 1. The van der Waals surface area contributed by atoms with E-state index in [0.29, 0.717) is 29.4 Å². The third kappa shape index (κ3) is 3.13. The average Bonchev–Trinajstić information content (AvgIpc) is 3.25. The minimum atomic E-state index is -0.328. The van der Waals surface area contributed by atoms with Crippen molar-refractivity contribution in [3.05, 3.63) is 52.7 Å². The van der Waals surface area contributed by atoms with Crippen LogP contribution in [0.5, 0.6) is 0 Å². The molecular weight excluding hydrogens is 403 g/mol. The zero-order valence-corrected chi connectivity index (χ0v) is 15.0. The van der Waals surface area contributed by atoms with Gasteiger partial charge in [0.15, 0.2) is 5.82 Å². The van der Waals surface area contributed by atoms with E-state index in [1.54, 1.807) is 12.3 Å². The predicted octanol–water partition coefficient (Wildman–Crippen LogP) is 3.17. The minimum Gasteiger partial charge on any atom is -0.358 e. The van der Waals surface area contributed by atoms with Crippen molar-refractivity contribution in [1.29, 1.82) is 0 Å². The van der Waals surface area contributed by atoms with Crippen LogP contribution < -0.4 is 10.2 Å². The molecule has 7 nitrogen and oxygen atoms in total. The number of H-pyrrole nitrogens is 2. The monoisotopic (exact) mass is 416 g/mol. The lowest BCUT2D eigenvalue weighted by atomic mass is 10.1. The molecule has 0 aliphatic carbocycles. The van der Waals surface area contributed by atoms with Gasteiger partial charge in [-0.15, -0.1) is 0 Å². The van der Waals surface area contributed by atoms with Gasteiger partial charge in [-0.25, -0.2) is 9.37 Å². The molecule has 3 N–H and O–H groups in total. The summed E-state index contributed by atoms with van der Waals surface area (Å²) in [5, 5.41) is 9.44. The molecule has 0 unspecified atom stereocenters. The van der Waals surface area contributed by atoms with Gasteiger partial charge in [-0.1, -0.05) is 18.2 Å². The number of hydrogen-bond acceptors (Lipinski definition) is 4. The van der Waals surface area contributed by atoms with Crippen LogP contribution in [-0.2, 0) is 4.79 Å². The maximum atomic E-state index is 13.6. The van der Waals surface area contributed by atoms with Gasteiger partial charge in [0.1, 0.15) is 18.0 Å². The van der Waals surface area contributed by atoms with Gasteiger partial charge >= 0.3 is 0 Å². The van der Waals surface area contributed by atoms with Crippen LogP contribution in [-0.4, -0.2) is 39.2 Å². The lowest BCUT2D eigenvalue weighted by Gasteiger charge is -2.27. The first kappa shape index (κ1) is 16.5. The van der Waals surface area contributed by atoms with Gasteiger partial charge in [0.2, 0.25) is 5.91 Å². The van der Waals surface area contributed by atoms with Crippen LogP contribution in [0.25, 0.3) is 17.5 Å². The Morgan fingerprint density at radius 1 is 1.42 bits per heavy atom. The van der Waals surface area contributed by atoms with Crippen molar-refractivity contribution in [2.75, 3.05) is 23.3 Å². The molecule has 3 heterocycles. The van der Waals surface area contributed by atoms with Crippen molar-refractivity contribution in [1.82, 2.24) is 20.2 Å². The number of nitrogens with one attached hydrogen (secondary N) is 3. The van der Waals surface area contributed by atoms with Gasteiger partial charge in [0, 0.05) is 22.9 Å². The van der Waals surface area contributed by atoms with E-state index in [-0.39, 0.29) is 18.3 Å². The number of rotatable bonds is 4. The molecule has 0 saturated heterocycles. The lowest BCUT2D eigenvalue weighted by Crippen LogP contribution is -2.35. The number of benzene rings is 1. The summed E-state index contributed by atoms with van der Waals surface area (Å²) in [4.78, 5) is 21.5. The molecule has 1 aliphatic rings. The zero-order valence-electron chi connectivity index (χ0n) is 13.5. The van der Waals surface area contributed by atoms with E-state index in [9.17, 15) is 9.18 Å². The number of fused-ring (bicyclic) bond motifs is 1. The summed E-state index contributed by atoms with van der Waals surface area (Å²) in [5.41, 5.74) is 2.27. The minimum absolute atomic E-state index is 0.0906. The average molecular weight is 417 g/mol. The second kappa shape index (κ2) is 6.75. The zero-order chi connectivity index (χ0) is 18.1. The molecule has 0 bridgehead atoms. The Balaban J connectivity index is 1.53. The highest BCUT2D eigenvalue weighted by atomic mass is 79.9. The van der Waals surface area contributed by atoms with Crippen LogP contribution in [0.1, 0.15) is 5.56 Å². The molecule has 0 radical (unpaired) electrons. The van der Waals surface area contributed by atoms with Gasteiger partial charge in [-0.05, 0) is 33.6 Å². The Bertz CT molecular complexity index is 981. The van der Waals surface area contributed by atoms with Crippen molar-refractivity contribution in [3.8, 4) is 11.4 Å². The van der Waals surface area contributed by atoms with Crippen molar-refractivity contribution in [2.24, 2.45) is 0 Å². The van der Waals surface area contributed by atoms with E-state index in [4.69, 9.17) is 0 Å². The van der Waals surface area contributed by atoms with Gasteiger partial charge in [0.05, 0.1) is 12.1 Å². The second-order valence-electron chi connectivity index (χ2n) is 5.75. The molecular formula is C17H14BrFN6O. The molecule has 3 aromatic rings. The summed E-state index contributed by atoms with van der Waals surface area (Å²) in [5.74, 6) is 0.475. The molecule has 2 aromatic heterocycles. The van der Waals surface area contributed by atoms with E-state index < -0.39 is 0 Å². The van der Waals surface area contributed by atoms with Gasteiger partial charge < -0.3 is 15.2 Å². The van der Waals surface area contributed by atoms with Crippen molar-refractivity contribution in [3.63, 3.8) is 0 Å². The third-order valence-corrected chi connectivity index (χ3v) is 4.66. The number of halogens is 2. The summed E-state index contributed by atoms with van der Waals surface area (Å²) in [6.07, 6.45) is 6.97. The molecule has 0 fully saturated rings. The maximum absolute atomic E-state index is 13.6. The quantitative estimate of drug-likeness (QED) is 0.609. The Hall–Kier alpha value is -2.94. The van der Waals surface area contributed by atoms with Crippen LogP contribution >= 0.6 is 15.9 Å². The molecule has 1 amide bonds. The first-order valence-corrected chi connectivity index (χ1v) is 8.64. The summed E-state index contributed by atoms with van der Waals surface area (Å²) < 4.78 is 14.3. The molecule has 0 atom stereocenters. The largest absolute Gasteiger partial charge is 0.358 e. The van der Waals surface area contributed by atoms with Crippen LogP contribution in [0.4, 0.5) is 15.9 Å². The number of aromatic nitrogens is 4. The normalized spacial score (nSPS) is 12.9. The van der Waals surface area contributed by atoms with Crippen LogP contribution in [0.2, 0.25) is 0 Å². The van der Waals surface area contributed by atoms with E-state index in [2.05, 4.69) is 41.4 Å². The van der Waals surface area contributed by atoms with E-state index in [0.717, 1.165) is 10.0 Å². The molecule has 132 valence electrons. The number of hydrogen-bond donors (Lipinski definition) is 3. The van der Waals surface area contributed by atoms with Gasteiger partial charge in [-0.2, -0.15) is 5.10 Å². The third-order valence-electron chi connectivity index (χ3n) is 4.04. The SMILES string of the molecule is O=C(CN1CC=Cc2ccc(F)cc21)Nc1[nH]cc(Br)c1-c1ncn[nH]1. The highest BCUT2D eigenvalue weighted by Crippen LogP contribution is 2.32. The highest BCUT2D eigenvalue weighted by Gasteiger charge is 2.20. The van der Waals surface area contributed by atoms with Crippen molar-refractivity contribution < 1.29 is 9.18 Å². The van der Waals surface area contributed by atoms with Crippen LogP contribution in [0.15, 0.2) is 41.3 Å². The molecule has 26 heavy (non-hydrogen) atoms. The lowest BCUT2D eigenvalue weighted by molar-refractivity contribution is -0.115. The predicted molar refractivity (Wildman–Crippen MR) is 100 cm³/mol. The van der Waals surface area contributed by atoms with Gasteiger partial charge in [0.25, 0.3) is 0 Å². The molecule has 9 heteroatoms. The number of aromatic amines is 2. The Morgan fingerprint density at radius 3 is 3.12 bits per heavy atom. The molecule has 4 rings (SSSR count). The smallest absolute Gasteiger partial charge is 0.245 e. The number of carbonyl (C=O) groups is 1. The Morgan fingerprint density at radius 2 is 2.31 bits per heavy atom. The number of nitrogens with zero attached hydrogens (tertiary/aromatic N) is 3. The fourth-order valence-corrected chi connectivity index (χ4v) is 3.39. The van der Waals surface area contributed by atoms with Crippen LogP contribution in [0.3, 0.4) is 0 Å². The van der Waals surface area contributed by atoms with E-state index in [1.165, 1.54) is 18.5 Å². The highest BCUT2D eigenvalue weighted by molar-refractivity contribution is 9.10. The summed E-state index contributed by atoms with van der Waals surface area (Å²) in [6, 6.07) is 4.56. The van der Waals surface area contributed by atoms with E-state index >= 15 is 0 Å². The number of carbonyl (C=O) groups excluding carboxylic acids is 1. The Kier molecular flexibility index (Phi) is 4.29. The first-order chi connectivity index (χ1) is 12.6. The van der Waals surface area contributed by atoms with Gasteiger partial charge in [-0.3, -0.25) is 9.89 Å². The summed E-state index contributed by atoms with van der Waals surface area (Å²) in [7, 11) is 0. The van der Waals surface area contributed by atoms with E-state index in [1.807, 2.05) is 17.1 Å². The molecule has 1 aliphatic heterocycles. The molecule has 1 aromatic carbocycles. The Labute approximate surface area is 156 Å². The fourth-order valence-electron chi connectivity index (χ4n) is 2.89.